The molecule has 0 saturated carbocycles. The van der Waals surface area contributed by atoms with Crippen LogP contribution in [0.2, 0.25) is 0 Å². The predicted octanol–water partition coefficient (Wildman–Crippen LogP) is 1.54. The van der Waals surface area contributed by atoms with Crippen LogP contribution in [-0.2, 0) is 24.7 Å². The third-order valence-electron chi connectivity index (χ3n) is 3.31. The molecule has 1 unspecified atom stereocenters. The molecule has 0 heterocycles. The Bertz CT molecular complexity index is 1020. The Balaban J connectivity index is 2.15. The molecule has 0 spiro atoms. The summed E-state index contributed by atoms with van der Waals surface area (Å²) in [4.78, 5) is 11.6. The minimum atomic E-state index is -4.58. The van der Waals surface area contributed by atoms with E-state index in [0.29, 0.717) is 0 Å². The molecule has 140 valence electrons. The van der Waals surface area contributed by atoms with Gasteiger partial charge in [0.15, 0.2) is 9.84 Å². The maximum absolute atomic E-state index is 12.2. The molecule has 2 aromatic rings. The minimum absolute atomic E-state index is 0.0143. The van der Waals surface area contributed by atoms with Gasteiger partial charge in [-0.25, -0.2) is 8.42 Å². The van der Waals surface area contributed by atoms with E-state index in [1.54, 1.807) is 18.2 Å². The Morgan fingerprint density at radius 3 is 2.31 bits per heavy atom. The van der Waals surface area contributed by atoms with Crippen molar-refractivity contribution >= 4 is 48.8 Å². The van der Waals surface area contributed by atoms with Gasteiger partial charge in [-0.1, -0.05) is 18.2 Å². The second-order valence-corrected chi connectivity index (χ2v) is 9.23. The largest absolute Gasteiger partial charge is 0.398 e. The molecule has 0 radical (unpaired) electrons. The number of nitrogens with one attached hydrogen (secondary N) is 1. The fraction of sp³-hybridized carbons (Fsp3) is 0.133. The standard InChI is InChI=1S/C15H15ClN2O6S2/c16-12(9-25(20,21)11-4-2-1-3-5-11)15(19)18-10-6-7-13(17)14(8-10)26(22,23)24/h1-8,12H,9,17H2,(H,18,19)(H,22,23,24). The number of sulfone groups is 1. The van der Waals surface area contributed by atoms with Gasteiger partial charge in [0, 0.05) is 5.69 Å². The first kappa shape index (κ1) is 20.2. The molecule has 0 saturated heterocycles. The van der Waals surface area contributed by atoms with Crippen molar-refractivity contribution in [2.75, 3.05) is 16.8 Å². The van der Waals surface area contributed by atoms with Crippen LogP contribution in [0.15, 0.2) is 58.3 Å². The summed E-state index contributed by atoms with van der Waals surface area (Å²) in [6.07, 6.45) is 0. The number of carbonyl (C=O) groups excluding carboxylic acids is 1. The lowest BCUT2D eigenvalue weighted by Crippen LogP contribution is -2.30. The molecule has 0 fully saturated rings. The number of amides is 1. The number of hydrogen-bond acceptors (Lipinski definition) is 6. The van der Waals surface area contributed by atoms with Crippen molar-refractivity contribution < 1.29 is 26.2 Å². The number of nitrogens with two attached hydrogens (primary N) is 1. The number of nitrogen functional groups attached to an aromatic ring is 1. The predicted molar refractivity (Wildman–Crippen MR) is 97.4 cm³/mol. The smallest absolute Gasteiger partial charge is 0.296 e. The van der Waals surface area contributed by atoms with Gasteiger partial charge in [0.1, 0.15) is 10.3 Å². The Morgan fingerprint density at radius 1 is 1.12 bits per heavy atom. The highest BCUT2D eigenvalue weighted by Gasteiger charge is 2.25. The Morgan fingerprint density at radius 2 is 1.73 bits per heavy atom. The number of halogens is 1. The van der Waals surface area contributed by atoms with Gasteiger partial charge in [-0.05, 0) is 30.3 Å². The van der Waals surface area contributed by atoms with Crippen LogP contribution in [0, 0.1) is 0 Å². The van der Waals surface area contributed by atoms with Crippen molar-refractivity contribution in [1.29, 1.82) is 0 Å². The average molecular weight is 419 g/mol. The molecule has 0 aromatic heterocycles. The van der Waals surface area contributed by atoms with E-state index in [0.717, 1.165) is 6.07 Å². The molecule has 2 aromatic carbocycles. The van der Waals surface area contributed by atoms with E-state index >= 15 is 0 Å². The van der Waals surface area contributed by atoms with Crippen molar-refractivity contribution in [2.45, 2.75) is 15.2 Å². The SMILES string of the molecule is Nc1ccc(NC(=O)C(Cl)CS(=O)(=O)c2ccccc2)cc1S(=O)(=O)O. The minimum Gasteiger partial charge on any atom is -0.398 e. The van der Waals surface area contributed by atoms with Crippen LogP contribution in [0.3, 0.4) is 0 Å². The molecule has 4 N–H and O–H groups in total. The molecule has 1 amide bonds. The van der Waals surface area contributed by atoms with E-state index in [1.165, 1.54) is 24.3 Å². The van der Waals surface area contributed by atoms with Crippen molar-refractivity contribution in [1.82, 2.24) is 0 Å². The lowest BCUT2D eigenvalue weighted by Gasteiger charge is -2.12. The van der Waals surface area contributed by atoms with Crippen LogP contribution < -0.4 is 11.1 Å². The number of carbonyl (C=O) groups is 1. The third kappa shape index (κ3) is 4.94. The highest BCUT2D eigenvalue weighted by Crippen LogP contribution is 2.23. The summed E-state index contributed by atoms with van der Waals surface area (Å²) < 4.78 is 56.0. The normalized spacial score (nSPS) is 13.2. The molecule has 0 bridgehead atoms. The zero-order chi connectivity index (χ0) is 19.5. The van der Waals surface area contributed by atoms with E-state index in [2.05, 4.69) is 5.32 Å². The number of hydrogen-bond donors (Lipinski definition) is 3. The molecule has 2 rings (SSSR count). The van der Waals surface area contributed by atoms with Crippen molar-refractivity contribution in [3.63, 3.8) is 0 Å². The van der Waals surface area contributed by atoms with Gasteiger partial charge in [0.2, 0.25) is 5.91 Å². The second-order valence-electron chi connectivity index (χ2n) is 5.28. The van der Waals surface area contributed by atoms with Crippen LogP contribution in [0.25, 0.3) is 0 Å². The van der Waals surface area contributed by atoms with Crippen LogP contribution in [-0.4, -0.2) is 38.4 Å². The molecule has 1 atom stereocenters. The average Bonchev–Trinajstić information content (AvgIpc) is 2.56. The van der Waals surface area contributed by atoms with Gasteiger partial charge in [-0.3, -0.25) is 9.35 Å². The van der Waals surface area contributed by atoms with Crippen molar-refractivity contribution in [3.05, 3.63) is 48.5 Å². The maximum Gasteiger partial charge on any atom is 0.296 e. The van der Waals surface area contributed by atoms with Crippen LogP contribution in [0.4, 0.5) is 11.4 Å². The number of rotatable bonds is 6. The molecule has 0 aliphatic carbocycles. The molecular formula is C15H15ClN2O6S2. The molecule has 26 heavy (non-hydrogen) atoms. The zero-order valence-electron chi connectivity index (χ0n) is 13.2. The fourth-order valence-electron chi connectivity index (χ4n) is 2.05. The summed E-state index contributed by atoms with van der Waals surface area (Å²) in [5.41, 5.74) is 5.23. The van der Waals surface area contributed by atoms with E-state index in [-0.39, 0.29) is 16.3 Å². The first-order chi connectivity index (χ1) is 12.0. The molecular weight excluding hydrogens is 404 g/mol. The van der Waals surface area contributed by atoms with Crippen LogP contribution in [0.1, 0.15) is 0 Å². The van der Waals surface area contributed by atoms with Crippen LogP contribution >= 0.6 is 11.6 Å². The van der Waals surface area contributed by atoms with Gasteiger partial charge in [-0.2, -0.15) is 8.42 Å². The highest BCUT2D eigenvalue weighted by molar-refractivity contribution is 7.91. The van der Waals surface area contributed by atoms with Gasteiger partial charge in [0.05, 0.1) is 16.3 Å². The quantitative estimate of drug-likeness (QED) is 0.366. The van der Waals surface area contributed by atoms with Crippen molar-refractivity contribution in [2.24, 2.45) is 0 Å². The van der Waals surface area contributed by atoms with E-state index in [9.17, 15) is 21.6 Å². The lowest BCUT2D eigenvalue weighted by molar-refractivity contribution is -0.115. The Hall–Kier alpha value is -2.14. The monoisotopic (exact) mass is 418 g/mol. The number of anilines is 2. The molecule has 11 heteroatoms. The Kier molecular flexibility index (Phi) is 5.91. The van der Waals surface area contributed by atoms with Gasteiger partial charge >= 0.3 is 0 Å². The number of alkyl halides is 1. The Labute approximate surface area is 155 Å². The molecule has 0 aliphatic rings. The zero-order valence-corrected chi connectivity index (χ0v) is 15.6. The summed E-state index contributed by atoms with van der Waals surface area (Å²) in [6.45, 7) is 0. The third-order valence-corrected chi connectivity index (χ3v) is 6.52. The topological polar surface area (TPSA) is 144 Å². The van der Waals surface area contributed by atoms with E-state index in [1.807, 2.05) is 0 Å². The van der Waals surface area contributed by atoms with Gasteiger partial charge in [0.25, 0.3) is 10.1 Å². The summed E-state index contributed by atoms with van der Waals surface area (Å²) in [7, 11) is -8.37. The summed E-state index contributed by atoms with van der Waals surface area (Å²) >= 11 is 5.89. The van der Waals surface area contributed by atoms with E-state index < -0.39 is 41.9 Å². The van der Waals surface area contributed by atoms with E-state index in [4.69, 9.17) is 21.9 Å². The molecule has 0 aliphatic heterocycles. The van der Waals surface area contributed by atoms with Crippen molar-refractivity contribution in [3.8, 4) is 0 Å². The first-order valence-corrected chi connectivity index (χ1v) is 10.6. The van der Waals surface area contributed by atoms with Crippen LogP contribution in [0.5, 0.6) is 0 Å². The lowest BCUT2D eigenvalue weighted by atomic mass is 10.2. The van der Waals surface area contributed by atoms with Gasteiger partial charge < -0.3 is 11.1 Å². The summed E-state index contributed by atoms with van der Waals surface area (Å²) in [5.74, 6) is -1.50. The first-order valence-electron chi connectivity index (χ1n) is 7.10. The highest BCUT2D eigenvalue weighted by atomic mass is 35.5. The second kappa shape index (κ2) is 7.62. The number of benzene rings is 2. The maximum atomic E-state index is 12.2. The fourth-order valence-corrected chi connectivity index (χ4v) is 4.54. The molecule has 8 nitrogen and oxygen atoms in total. The van der Waals surface area contributed by atoms with Gasteiger partial charge in [-0.15, -0.1) is 11.6 Å². The summed E-state index contributed by atoms with van der Waals surface area (Å²) in [5, 5.41) is 0.865. The summed E-state index contributed by atoms with van der Waals surface area (Å²) in [6, 6.07) is 10.9.